The van der Waals surface area contributed by atoms with E-state index in [0.29, 0.717) is 5.41 Å². The molecule has 56 valence electrons. The molecule has 0 aliphatic carbocycles. The first-order chi connectivity index (χ1) is 4.06. The molecule has 0 bridgehead atoms. The Morgan fingerprint density at radius 1 is 1.33 bits per heavy atom. The van der Waals surface area contributed by atoms with Crippen molar-refractivity contribution in [3.05, 3.63) is 0 Å². The van der Waals surface area contributed by atoms with E-state index in [-0.39, 0.29) is 8.83 Å². The van der Waals surface area contributed by atoms with Crippen LogP contribution in [0.5, 0.6) is 0 Å². The molecular weight excluding hydrogens is 148 g/mol. The van der Waals surface area contributed by atoms with Crippen LogP contribution in [0, 0.1) is 5.41 Å². The Kier molecular flexibility index (Phi) is 4.59. The topological polar surface area (TPSA) is 0 Å². The summed E-state index contributed by atoms with van der Waals surface area (Å²) in [6.07, 6.45) is 2.66. The largest absolute Gasteiger partial charge is 0.176 e. The number of hydrogen-bond acceptors (Lipinski definition) is 0. The van der Waals surface area contributed by atoms with Crippen LogP contribution in [0.1, 0.15) is 33.6 Å². The second-order valence-electron chi connectivity index (χ2n) is 3.71. The molecular formula is C7H17ClSi. The molecule has 0 atom stereocenters. The van der Waals surface area contributed by atoms with E-state index in [1.54, 1.807) is 0 Å². The third-order valence-corrected chi connectivity index (χ3v) is 2.88. The monoisotopic (exact) mass is 164 g/mol. The maximum Gasteiger partial charge on any atom is 0.125 e. The van der Waals surface area contributed by atoms with E-state index in [1.165, 1.54) is 18.9 Å². The molecule has 0 aromatic rings. The third-order valence-electron chi connectivity index (χ3n) is 1.31. The van der Waals surface area contributed by atoms with Crippen molar-refractivity contribution in [1.29, 1.82) is 0 Å². The molecule has 0 saturated heterocycles. The van der Waals surface area contributed by atoms with Crippen LogP contribution in [-0.2, 0) is 0 Å². The molecule has 0 heterocycles. The normalized spacial score (nSPS) is 13.3. The predicted molar refractivity (Wildman–Crippen MR) is 47.9 cm³/mol. The Morgan fingerprint density at radius 2 is 1.89 bits per heavy atom. The Hall–Kier alpha value is 0.507. The smallest absolute Gasteiger partial charge is 0.125 e. The van der Waals surface area contributed by atoms with Crippen molar-refractivity contribution < 1.29 is 0 Å². The SMILES string of the molecule is CC(C)(C)CCC[SiH2]Cl. The summed E-state index contributed by atoms with van der Waals surface area (Å²) in [4.78, 5) is 0. The molecule has 0 saturated carbocycles. The number of halogens is 1. The summed E-state index contributed by atoms with van der Waals surface area (Å²) in [6.45, 7) is 6.84. The van der Waals surface area contributed by atoms with Crippen molar-refractivity contribution in [2.24, 2.45) is 5.41 Å². The second-order valence-corrected chi connectivity index (χ2v) is 5.93. The standard InChI is InChI=1S/C7H17ClSi/c1-7(2,3)5-4-6-9-8/h4-6,9H2,1-3H3. The van der Waals surface area contributed by atoms with Crippen LogP contribution < -0.4 is 0 Å². The quantitative estimate of drug-likeness (QED) is 0.342. The lowest BCUT2D eigenvalue weighted by atomic mass is 9.91. The molecule has 0 aromatic heterocycles. The molecule has 0 aromatic carbocycles. The molecule has 0 fully saturated rings. The highest BCUT2D eigenvalue weighted by Gasteiger charge is 2.08. The summed E-state index contributed by atoms with van der Waals surface area (Å²) in [6, 6.07) is 1.30. The van der Waals surface area contributed by atoms with Gasteiger partial charge in [-0.2, -0.15) is 11.1 Å². The summed E-state index contributed by atoms with van der Waals surface area (Å²) < 4.78 is 0. The van der Waals surface area contributed by atoms with Gasteiger partial charge in [0.05, 0.1) is 0 Å². The minimum atomic E-state index is -0.183. The highest BCUT2D eigenvalue weighted by atomic mass is 35.6. The first kappa shape index (κ1) is 9.51. The van der Waals surface area contributed by atoms with Gasteiger partial charge >= 0.3 is 0 Å². The minimum Gasteiger partial charge on any atom is -0.176 e. The molecule has 0 unspecified atom stereocenters. The summed E-state index contributed by atoms with van der Waals surface area (Å²) in [5.41, 5.74) is 0.514. The van der Waals surface area contributed by atoms with Crippen LogP contribution in [0.4, 0.5) is 0 Å². The highest BCUT2D eigenvalue weighted by molar-refractivity contribution is 6.93. The summed E-state index contributed by atoms with van der Waals surface area (Å²) in [7, 11) is -0.183. The molecule has 0 rings (SSSR count). The van der Waals surface area contributed by atoms with Crippen molar-refractivity contribution in [3.8, 4) is 0 Å². The molecule has 2 heteroatoms. The first-order valence-corrected chi connectivity index (χ1v) is 6.76. The predicted octanol–water partition coefficient (Wildman–Crippen LogP) is 2.55. The molecule has 0 radical (unpaired) electrons. The molecule has 0 nitrogen and oxygen atoms in total. The lowest BCUT2D eigenvalue weighted by molar-refractivity contribution is 0.373. The van der Waals surface area contributed by atoms with Gasteiger partial charge in [-0.3, -0.25) is 0 Å². The average Bonchev–Trinajstić information content (AvgIpc) is 1.63. The zero-order valence-electron chi connectivity index (χ0n) is 6.71. The average molecular weight is 165 g/mol. The summed E-state index contributed by atoms with van der Waals surface area (Å²) in [5, 5.41) is 0. The van der Waals surface area contributed by atoms with Gasteiger partial charge in [-0.15, -0.1) is 0 Å². The van der Waals surface area contributed by atoms with Gasteiger partial charge in [0, 0.05) is 0 Å². The van der Waals surface area contributed by atoms with E-state index < -0.39 is 0 Å². The number of rotatable bonds is 3. The van der Waals surface area contributed by atoms with Gasteiger partial charge in [-0.1, -0.05) is 27.2 Å². The van der Waals surface area contributed by atoms with Gasteiger partial charge in [0.15, 0.2) is 0 Å². The molecule has 0 aliphatic heterocycles. The van der Waals surface area contributed by atoms with E-state index in [9.17, 15) is 0 Å². The van der Waals surface area contributed by atoms with Gasteiger partial charge in [-0.25, -0.2) is 0 Å². The van der Waals surface area contributed by atoms with E-state index in [2.05, 4.69) is 20.8 Å². The lowest BCUT2D eigenvalue weighted by Crippen LogP contribution is -2.03. The highest BCUT2D eigenvalue weighted by Crippen LogP contribution is 2.21. The van der Waals surface area contributed by atoms with E-state index in [4.69, 9.17) is 11.1 Å². The molecule has 0 spiro atoms. The fourth-order valence-corrected chi connectivity index (χ4v) is 1.76. The third kappa shape index (κ3) is 8.51. The van der Waals surface area contributed by atoms with Crippen LogP contribution in [-0.4, -0.2) is 8.83 Å². The lowest BCUT2D eigenvalue weighted by Gasteiger charge is -2.16. The van der Waals surface area contributed by atoms with Crippen LogP contribution in [0.3, 0.4) is 0 Å². The zero-order valence-corrected chi connectivity index (χ0v) is 8.88. The van der Waals surface area contributed by atoms with Gasteiger partial charge < -0.3 is 0 Å². The first-order valence-electron chi connectivity index (χ1n) is 3.62. The molecule has 0 N–H and O–H groups in total. The fraction of sp³-hybridized carbons (Fsp3) is 1.00. The molecule has 9 heavy (non-hydrogen) atoms. The maximum absolute atomic E-state index is 5.67. The molecule has 0 amide bonds. The second kappa shape index (κ2) is 4.34. The van der Waals surface area contributed by atoms with Crippen LogP contribution >= 0.6 is 11.1 Å². The van der Waals surface area contributed by atoms with Crippen molar-refractivity contribution >= 4 is 19.9 Å². The molecule has 0 aliphatic rings. The zero-order chi connectivity index (χ0) is 7.33. The van der Waals surface area contributed by atoms with Crippen LogP contribution in [0.25, 0.3) is 0 Å². The van der Waals surface area contributed by atoms with E-state index >= 15 is 0 Å². The minimum absolute atomic E-state index is 0.183. The maximum atomic E-state index is 5.67. The summed E-state index contributed by atoms with van der Waals surface area (Å²) >= 11 is 5.67. The van der Waals surface area contributed by atoms with Crippen LogP contribution in [0.2, 0.25) is 6.04 Å². The Morgan fingerprint density at radius 3 is 2.22 bits per heavy atom. The van der Waals surface area contributed by atoms with Crippen molar-refractivity contribution in [2.45, 2.75) is 39.7 Å². The Balaban J connectivity index is 3.07. The van der Waals surface area contributed by atoms with Crippen LogP contribution in [0.15, 0.2) is 0 Å². The van der Waals surface area contributed by atoms with Gasteiger partial charge in [0.2, 0.25) is 0 Å². The fourth-order valence-electron chi connectivity index (χ4n) is 0.750. The van der Waals surface area contributed by atoms with Crippen molar-refractivity contribution in [3.63, 3.8) is 0 Å². The van der Waals surface area contributed by atoms with Gasteiger partial charge in [0.1, 0.15) is 8.83 Å². The number of hydrogen-bond donors (Lipinski definition) is 0. The van der Waals surface area contributed by atoms with Gasteiger partial charge in [-0.05, 0) is 17.9 Å². The van der Waals surface area contributed by atoms with Gasteiger partial charge in [0.25, 0.3) is 0 Å². The Labute approximate surface area is 65.5 Å². The summed E-state index contributed by atoms with van der Waals surface area (Å²) in [5.74, 6) is 0. The van der Waals surface area contributed by atoms with E-state index in [0.717, 1.165) is 0 Å². The van der Waals surface area contributed by atoms with Crippen molar-refractivity contribution in [1.82, 2.24) is 0 Å². The van der Waals surface area contributed by atoms with E-state index in [1.807, 2.05) is 0 Å². The Bertz CT molecular complexity index is 65.8. The van der Waals surface area contributed by atoms with Crippen molar-refractivity contribution in [2.75, 3.05) is 0 Å².